The van der Waals surface area contributed by atoms with E-state index in [0.717, 1.165) is 30.1 Å². The Morgan fingerprint density at radius 1 is 0.622 bits per heavy atom. The molecule has 4 fully saturated rings. The second-order valence-corrected chi connectivity index (χ2v) is 21.0. The molecule has 2 N–H and O–H groups in total. The van der Waals surface area contributed by atoms with Gasteiger partial charge in [0, 0.05) is 77.2 Å². The van der Waals surface area contributed by atoms with Crippen molar-refractivity contribution in [1.29, 1.82) is 0 Å². The lowest BCUT2D eigenvalue weighted by Crippen LogP contribution is -2.60. The second-order valence-electron chi connectivity index (χ2n) is 18.4. The van der Waals surface area contributed by atoms with Crippen molar-refractivity contribution in [2.24, 2.45) is 23.7 Å². The lowest BCUT2D eigenvalue weighted by molar-refractivity contribution is -0.289. The molecule has 28 heteroatoms. The maximum Gasteiger partial charge on any atom is 0.491 e. The second kappa shape index (κ2) is 22.3. The van der Waals surface area contributed by atoms with Gasteiger partial charge in [0.1, 0.15) is 51.4 Å². The molecule has 0 saturated carbocycles. The van der Waals surface area contributed by atoms with Crippen molar-refractivity contribution in [2.45, 2.75) is 50.3 Å². The Morgan fingerprint density at radius 2 is 1.05 bits per heavy atom. The minimum Gasteiger partial charge on any atom is -0.472 e. The number of hydrogen-bond donors (Lipinski definition) is 2. The van der Waals surface area contributed by atoms with Crippen LogP contribution in [0.2, 0.25) is 0 Å². The minimum absolute atomic E-state index is 0.0225. The Hall–Kier alpha value is -4.42. The maximum absolute atomic E-state index is 14.6. The third-order valence-electron chi connectivity index (χ3n) is 12.8. The maximum atomic E-state index is 14.6. The molecule has 0 aliphatic carbocycles. The van der Waals surface area contributed by atoms with Crippen molar-refractivity contribution < 1.29 is 81.7 Å². The Morgan fingerprint density at radius 3 is 1.50 bits per heavy atom. The van der Waals surface area contributed by atoms with Gasteiger partial charge in [-0.05, 0) is 53.0 Å². The largest absolute Gasteiger partial charge is 0.491 e. The lowest BCUT2D eigenvalue weighted by atomic mass is 9.79. The van der Waals surface area contributed by atoms with E-state index in [-0.39, 0.29) is 87.7 Å². The van der Waals surface area contributed by atoms with E-state index in [0.29, 0.717) is 32.7 Å². The third kappa shape index (κ3) is 12.4. The van der Waals surface area contributed by atoms with E-state index in [1.807, 2.05) is 5.38 Å². The summed E-state index contributed by atoms with van der Waals surface area (Å²) in [6, 6.07) is 9.16. The van der Waals surface area contributed by atoms with E-state index in [2.05, 4.69) is 35.9 Å². The van der Waals surface area contributed by atoms with Gasteiger partial charge in [0.15, 0.2) is 0 Å². The molecular formula is C46H44BBrF12N6O6S2. The average Bonchev–Trinajstić information content (AvgIpc) is 3.90. The summed E-state index contributed by atoms with van der Waals surface area (Å²) < 4.78 is 183. The van der Waals surface area contributed by atoms with Crippen LogP contribution in [0.25, 0.3) is 31.6 Å². The molecule has 6 aromatic rings. The fourth-order valence-corrected chi connectivity index (χ4v) is 11.8. The van der Waals surface area contributed by atoms with Crippen LogP contribution in [0.3, 0.4) is 0 Å². The number of fused-ring (bicyclic) bond motifs is 6. The standard InChI is InChI=1S/C23H21F6N3O2S.C16H15BrF5N3O2S.C7H8BFO2/c1-12-2-3-15(17(24)4-12)16-9-35-20-18(16)30-11-31-21(20)34-19-13-5-32(6-14(19)8-33-7-13)10-22(25,26)23(27,28)29;17-10-5-28-13-11(10)23-7-24-14(13)27-12-8-1-25(2-9(12)4-26-3-8)6-15(18,19)16(20,21)22;1-5-2-3-6(8(10)11)7(9)4-5/h2-4,9,11,13-14,19H,5-8,10H2,1H3;5,7-9,12H,1-4,6H2;2-4,10-11H,1H3. The van der Waals surface area contributed by atoms with Crippen molar-refractivity contribution in [3.8, 4) is 22.9 Å². The molecule has 0 radical (unpaired) electrons. The molecule has 400 valence electrons. The molecule has 0 spiro atoms. The highest BCUT2D eigenvalue weighted by molar-refractivity contribution is 9.10. The van der Waals surface area contributed by atoms with Crippen LogP contribution in [-0.2, 0) is 9.47 Å². The summed E-state index contributed by atoms with van der Waals surface area (Å²) >= 11 is 6.10. The molecule has 8 heterocycles. The number of likely N-dealkylation sites (tertiary alicyclic amines) is 2. The molecule has 74 heavy (non-hydrogen) atoms. The molecule has 4 unspecified atom stereocenters. The first-order valence-electron chi connectivity index (χ1n) is 22.6. The molecule has 4 saturated heterocycles. The Kier molecular flexibility index (Phi) is 16.8. The van der Waals surface area contributed by atoms with Crippen LogP contribution < -0.4 is 14.9 Å². The molecular weight excluding hydrogens is 1120 g/mol. The number of nitrogens with zero attached hydrogens (tertiary/aromatic N) is 6. The van der Waals surface area contributed by atoms with Crippen LogP contribution in [0.15, 0.2) is 64.3 Å². The smallest absolute Gasteiger partial charge is 0.472 e. The normalized spacial score (nSPS) is 22.7. The number of benzene rings is 2. The summed E-state index contributed by atoms with van der Waals surface area (Å²) in [6.07, 6.45) is -9.33. The summed E-state index contributed by atoms with van der Waals surface area (Å²) in [5, 5.41) is 20.9. The number of halogens is 13. The predicted molar refractivity (Wildman–Crippen MR) is 253 cm³/mol. The third-order valence-corrected chi connectivity index (χ3v) is 15.6. The van der Waals surface area contributed by atoms with Crippen LogP contribution >= 0.6 is 38.6 Å². The van der Waals surface area contributed by atoms with E-state index in [1.54, 1.807) is 37.4 Å². The van der Waals surface area contributed by atoms with Gasteiger partial charge in [0.2, 0.25) is 11.8 Å². The molecule has 2 aromatic carbocycles. The van der Waals surface area contributed by atoms with Crippen LogP contribution in [-0.4, -0.2) is 149 Å². The summed E-state index contributed by atoms with van der Waals surface area (Å²) in [5.74, 6) is -11.3. The van der Waals surface area contributed by atoms with E-state index >= 15 is 0 Å². The van der Waals surface area contributed by atoms with Crippen LogP contribution in [0.1, 0.15) is 11.1 Å². The van der Waals surface area contributed by atoms with Gasteiger partial charge in [-0.25, -0.2) is 28.7 Å². The van der Waals surface area contributed by atoms with E-state index in [9.17, 15) is 52.7 Å². The summed E-state index contributed by atoms with van der Waals surface area (Å²) in [5.41, 5.74) is 3.68. The zero-order valence-corrected chi connectivity index (χ0v) is 42.0. The zero-order valence-electron chi connectivity index (χ0n) is 38.8. The molecule has 0 amide bonds. The topological polar surface area (TPSA) is 135 Å². The van der Waals surface area contributed by atoms with Crippen LogP contribution in [0, 0.1) is 49.2 Å². The molecule has 10 rings (SSSR count). The highest BCUT2D eigenvalue weighted by Gasteiger charge is 2.60. The molecule has 4 bridgehead atoms. The number of aryl methyl sites for hydroxylation is 2. The summed E-state index contributed by atoms with van der Waals surface area (Å²) in [7, 11) is -1.73. The van der Waals surface area contributed by atoms with Gasteiger partial charge in [-0.2, -0.15) is 43.9 Å². The van der Waals surface area contributed by atoms with Gasteiger partial charge >= 0.3 is 31.3 Å². The molecule has 12 nitrogen and oxygen atoms in total. The SMILES string of the molecule is Cc1ccc(-c2csc3c(OC4C5COCC4CN(CC(F)(F)C(F)(F)F)C5)ncnc23)c(F)c1.Cc1ccc(B(O)O)c(F)c1.FC(F)(F)C(F)(F)CN1CC2COCC(C1)C2Oc1ncnc2c(Br)csc12. The average molecular weight is 1160 g/mol. The fourth-order valence-electron chi connectivity index (χ4n) is 9.30. The first-order chi connectivity index (χ1) is 34.8. The first-order valence-corrected chi connectivity index (χ1v) is 25.2. The number of rotatable bonds is 10. The number of alkyl halides is 10. The molecule has 4 aliphatic rings. The Balaban J connectivity index is 0.000000166. The number of hydrogen-bond acceptors (Lipinski definition) is 14. The van der Waals surface area contributed by atoms with Crippen LogP contribution in [0.4, 0.5) is 52.7 Å². The van der Waals surface area contributed by atoms with Gasteiger partial charge < -0.3 is 29.0 Å². The quantitative estimate of drug-likeness (QED) is 0.100. The van der Waals surface area contributed by atoms with Crippen molar-refractivity contribution in [3.05, 3.63) is 87.0 Å². The lowest BCUT2D eigenvalue weighted by Gasteiger charge is -2.47. The van der Waals surface area contributed by atoms with Gasteiger partial charge in [-0.15, -0.1) is 22.7 Å². The minimum atomic E-state index is -5.60. The predicted octanol–water partition coefficient (Wildman–Crippen LogP) is 9.12. The van der Waals surface area contributed by atoms with E-state index < -0.39 is 68.2 Å². The number of ether oxygens (including phenoxy) is 4. The van der Waals surface area contributed by atoms with Gasteiger partial charge in [0.25, 0.3) is 0 Å². The highest BCUT2D eigenvalue weighted by Crippen LogP contribution is 2.43. The van der Waals surface area contributed by atoms with Gasteiger partial charge in [-0.3, -0.25) is 9.80 Å². The summed E-state index contributed by atoms with van der Waals surface area (Å²) in [4.78, 5) is 19.2. The van der Waals surface area contributed by atoms with Crippen molar-refractivity contribution >= 4 is 71.6 Å². The fraction of sp³-hybridized carbons (Fsp3) is 0.478. The van der Waals surface area contributed by atoms with Gasteiger partial charge in [0.05, 0.1) is 49.5 Å². The Bertz CT molecular complexity index is 2890. The summed E-state index contributed by atoms with van der Waals surface area (Å²) in [6.45, 7) is 1.62. The number of aromatic nitrogens is 4. The highest BCUT2D eigenvalue weighted by atomic mass is 79.9. The van der Waals surface area contributed by atoms with Crippen molar-refractivity contribution in [2.75, 3.05) is 65.7 Å². The molecule has 4 aromatic heterocycles. The first kappa shape index (κ1) is 55.8. The molecule has 4 aliphatic heterocycles. The zero-order chi connectivity index (χ0) is 53.5. The van der Waals surface area contributed by atoms with Crippen molar-refractivity contribution in [1.82, 2.24) is 29.7 Å². The number of piperidine rings is 2. The van der Waals surface area contributed by atoms with Gasteiger partial charge in [-0.1, -0.05) is 24.3 Å². The number of thiophene rings is 2. The van der Waals surface area contributed by atoms with E-state index in [4.69, 9.17) is 29.0 Å². The molecule has 4 atom stereocenters. The Labute approximate surface area is 430 Å². The van der Waals surface area contributed by atoms with Crippen LogP contribution in [0.5, 0.6) is 11.8 Å². The van der Waals surface area contributed by atoms with E-state index in [1.165, 1.54) is 53.5 Å². The monoisotopic (exact) mass is 1160 g/mol. The van der Waals surface area contributed by atoms with Crippen molar-refractivity contribution in [3.63, 3.8) is 0 Å².